The van der Waals surface area contributed by atoms with E-state index in [1.165, 1.54) is 17.4 Å². The predicted molar refractivity (Wildman–Crippen MR) is 81.1 cm³/mol. The van der Waals surface area contributed by atoms with Crippen LogP contribution in [0.5, 0.6) is 0 Å². The van der Waals surface area contributed by atoms with Crippen LogP contribution in [0.25, 0.3) is 6.08 Å². The quantitative estimate of drug-likeness (QED) is 0.832. The summed E-state index contributed by atoms with van der Waals surface area (Å²) in [5.74, 6) is -1.21. The molecule has 0 saturated carbocycles. The number of carboxylic acids is 1. The van der Waals surface area contributed by atoms with Gasteiger partial charge in [0.1, 0.15) is 0 Å². The molecular formula is C15H14N2O3S. The van der Waals surface area contributed by atoms with Crippen LogP contribution in [0.15, 0.2) is 36.4 Å². The second kappa shape index (κ2) is 6.81. The number of nitrogens with one attached hydrogen (secondary N) is 1. The van der Waals surface area contributed by atoms with Gasteiger partial charge < -0.3 is 10.4 Å². The summed E-state index contributed by atoms with van der Waals surface area (Å²) in [6, 6.07) is 9.02. The predicted octanol–water partition coefficient (Wildman–Crippen LogP) is 2.48. The zero-order valence-corrected chi connectivity index (χ0v) is 12.2. The van der Waals surface area contributed by atoms with Crippen LogP contribution in [0, 0.1) is 6.92 Å². The van der Waals surface area contributed by atoms with Crippen LogP contribution < -0.4 is 5.32 Å². The highest BCUT2D eigenvalue weighted by Crippen LogP contribution is 2.18. The van der Waals surface area contributed by atoms with Crippen LogP contribution in [0.2, 0.25) is 0 Å². The maximum atomic E-state index is 12.0. The molecule has 6 heteroatoms. The smallest absolute Gasteiger partial charge is 0.328 e. The molecule has 2 aromatic heterocycles. The minimum Gasteiger partial charge on any atom is -0.478 e. The lowest BCUT2D eigenvalue weighted by molar-refractivity contribution is -0.131. The Morgan fingerprint density at radius 2 is 2.14 bits per heavy atom. The van der Waals surface area contributed by atoms with E-state index in [1.54, 1.807) is 12.1 Å². The number of thiophene rings is 1. The topological polar surface area (TPSA) is 79.3 Å². The van der Waals surface area contributed by atoms with Gasteiger partial charge in [-0.05, 0) is 37.3 Å². The van der Waals surface area contributed by atoms with Crippen molar-refractivity contribution in [3.8, 4) is 0 Å². The van der Waals surface area contributed by atoms with E-state index < -0.39 is 5.97 Å². The number of hydrogen-bond donors (Lipinski definition) is 2. The van der Waals surface area contributed by atoms with Gasteiger partial charge >= 0.3 is 5.97 Å². The van der Waals surface area contributed by atoms with Gasteiger partial charge in [-0.25, -0.2) is 4.79 Å². The number of aromatic nitrogens is 1. The number of rotatable bonds is 5. The van der Waals surface area contributed by atoms with Crippen LogP contribution in [0.3, 0.4) is 0 Å². The van der Waals surface area contributed by atoms with E-state index in [-0.39, 0.29) is 5.91 Å². The molecule has 1 amide bonds. The van der Waals surface area contributed by atoms with Crippen molar-refractivity contribution in [3.05, 3.63) is 57.6 Å². The molecule has 0 saturated heterocycles. The summed E-state index contributed by atoms with van der Waals surface area (Å²) in [6.07, 6.45) is 2.51. The first kappa shape index (κ1) is 14.9. The Hall–Kier alpha value is -2.47. The zero-order chi connectivity index (χ0) is 15.2. The number of aliphatic carboxylic acids is 1. The van der Waals surface area contributed by atoms with E-state index in [0.717, 1.165) is 22.3 Å². The Morgan fingerprint density at radius 1 is 1.33 bits per heavy atom. The van der Waals surface area contributed by atoms with Gasteiger partial charge in [-0.2, -0.15) is 0 Å². The summed E-state index contributed by atoms with van der Waals surface area (Å²) in [5.41, 5.74) is 1.70. The molecule has 2 N–H and O–H groups in total. The lowest BCUT2D eigenvalue weighted by atomic mass is 10.3. The van der Waals surface area contributed by atoms with Crippen LogP contribution in [-0.4, -0.2) is 22.0 Å². The fourth-order valence-corrected chi connectivity index (χ4v) is 2.50. The Morgan fingerprint density at radius 3 is 2.86 bits per heavy atom. The summed E-state index contributed by atoms with van der Waals surface area (Å²) in [4.78, 5) is 28.0. The number of pyridine rings is 1. The van der Waals surface area contributed by atoms with E-state index in [2.05, 4.69) is 10.3 Å². The number of carbonyl (C=O) groups excluding carboxylic acids is 1. The van der Waals surface area contributed by atoms with Crippen molar-refractivity contribution >= 4 is 29.3 Å². The number of amides is 1. The minimum atomic E-state index is -1.01. The summed E-state index contributed by atoms with van der Waals surface area (Å²) in [7, 11) is 0. The minimum absolute atomic E-state index is 0.196. The van der Waals surface area contributed by atoms with Crippen molar-refractivity contribution in [1.29, 1.82) is 0 Å². The third kappa shape index (κ3) is 4.54. The lowest BCUT2D eigenvalue weighted by Gasteiger charge is -2.03. The Kier molecular flexibility index (Phi) is 4.84. The summed E-state index contributed by atoms with van der Waals surface area (Å²) < 4.78 is 0. The highest BCUT2D eigenvalue weighted by Gasteiger charge is 2.08. The maximum Gasteiger partial charge on any atom is 0.328 e. The first-order chi connectivity index (χ1) is 10.0. The zero-order valence-electron chi connectivity index (χ0n) is 11.4. The first-order valence-electron chi connectivity index (χ1n) is 6.26. The normalized spacial score (nSPS) is 10.7. The van der Waals surface area contributed by atoms with Gasteiger partial charge in [0.2, 0.25) is 0 Å². The first-order valence-corrected chi connectivity index (χ1v) is 7.08. The Bertz CT molecular complexity index is 692. The van der Waals surface area contributed by atoms with Gasteiger partial charge in [-0.3, -0.25) is 9.78 Å². The van der Waals surface area contributed by atoms with Gasteiger partial charge in [-0.15, -0.1) is 11.3 Å². The molecule has 0 spiro atoms. The molecular weight excluding hydrogens is 288 g/mol. The average Bonchev–Trinajstić information content (AvgIpc) is 2.91. The number of nitrogens with zero attached hydrogens (tertiary/aromatic N) is 1. The molecule has 2 heterocycles. The van der Waals surface area contributed by atoms with Crippen LogP contribution in [-0.2, 0) is 11.3 Å². The molecule has 21 heavy (non-hydrogen) atoms. The van der Waals surface area contributed by atoms with Crippen molar-refractivity contribution in [1.82, 2.24) is 10.3 Å². The van der Waals surface area contributed by atoms with Gasteiger partial charge in [0.25, 0.3) is 5.91 Å². The molecule has 5 nitrogen and oxygen atoms in total. The highest BCUT2D eigenvalue weighted by molar-refractivity contribution is 7.14. The van der Waals surface area contributed by atoms with E-state index >= 15 is 0 Å². The van der Waals surface area contributed by atoms with Crippen LogP contribution in [0.4, 0.5) is 0 Å². The van der Waals surface area contributed by atoms with Crippen molar-refractivity contribution in [2.45, 2.75) is 13.5 Å². The second-order valence-electron chi connectivity index (χ2n) is 4.33. The molecule has 2 aromatic rings. The van der Waals surface area contributed by atoms with Crippen molar-refractivity contribution < 1.29 is 14.7 Å². The monoisotopic (exact) mass is 302 g/mol. The number of aryl methyl sites for hydroxylation is 1. The second-order valence-corrected chi connectivity index (χ2v) is 5.44. The number of carbonyl (C=O) groups is 2. The summed E-state index contributed by atoms with van der Waals surface area (Å²) >= 11 is 1.24. The molecule has 0 aliphatic carbocycles. The Balaban J connectivity index is 1.96. The van der Waals surface area contributed by atoms with E-state index in [1.807, 2.05) is 25.1 Å². The molecule has 0 unspecified atom stereocenters. The van der Waals surface area contributed by atoms with E-state index in [4.69, 9.17) is 5.11 Å². The van der Waals surface area contributed by atoms with Gasteiger partial charge in [-0.1, -0.05) is 6.07 Å². The maximum absolute atomic E-state index is 12.0. The molecule has 0 bridgehead atoms. The van der Waals surface area contributed by atoms with Gasteiger partial charge in [0, 0.05) is 16.6 Å². The van der Waals surface area contributed by atoms with Gasteiger partial charge in [0.15, 0.2) is 0 Å². The van der Waals surface area contributed by atoms with Crippen molar-refractivity contribution in [2.75, 3.05) is 0 Å². The largest absolute Gasteiger partial charge is 0.478 e. The third-order valence-electron chi connectivity index (χ3n) is 2.62. The summed E-state index contributed by atoms with van der Waals surface area (Å²) in [5, 5.41) is 11.3. The van der Waals surface area contributed by atoms with E-state index in [9.17, 15) is 9.59 Å². The van der Waals surface area contributed by atoms with Gasteiger partial charge in [0.05, 0.1) is 17.1 Å². The van der Waals surface area contributed by atoms with Crippen LogP contribution in [0.1, 0.15) is 25.9 Å². The fourth-order valence-electron chi connectivity index (χ4n) is 1.67. The highest BCUT2D eigenvalue weighted by atomic mass is 32.1. The van der Waals surface area contributed by atoms with Crippen LogP contribution >= 0.6 is 11.3 Å². The van der Waals surface area contributed by atoms with Crippen molar-refractivity contribution in [2.24, 2.45) is 0 Å². The van der Waals surface area contributed by atoms with E-state index in [0.29, 0.717) is 11.4 Å². The summed E-state index contributed by atoms with van der Waals surface area (Å²) in [6.45, 7) is 2.25. The Labute approximate surface area is 126 Å². The fraction of sp³-hybridized carbons (Fsp3) is 0.133. The lowest BCUT2D eigenvalue weighted by Crippen LogP contribution is -2.22. The number of hydrogen-bond acceptors (Lipinski definition) is 4. The molecule has 2 rings (SSSR count). The molecule has 0 atom stereocenters. The average molecular weight is 302 g/mol. The third-order valence-corrected chi connectivity index (χ3v) is 3.67. The standard InChI is InChI=1S/C15H14N2O3S/c1-10-3-2-4-11(17-10)9-16-15(20)13-7-5-12(21-13)6-8-14(18)19/h2-8H,9H2,1H3,(H,16,20)(H,18,19). The molecule has 0 fully saturated rings. The molecule has 0 aromatic carbocycles. The van der Waals surface area contributed by atoms with Crippen molar-refractivity contribution in [3.63, 3.8) is 0 Å². The number of carboxylic acid groups (broad SMARTS) is 1. The molecule has 108 valence electrons. The molecule has 0 aliphatic heterocycles. The molecule has 0 aliphatic rings. The molecule has 0 radical (unpaired) electrons. The SMILES string of the molecule is Cc1cccc(CNC(=O)c2ccc(C=CC(=O)O)s2)n1.